The van der Waals surface area contributed by atoms with Gasteiger partial charge in [0.05, 0.1) is 11.4 Å². The molecule has 4 nitrogen and oxygen atoms in total. The van der Waals surface area contributed by atoms with Crippen LogP contribution < -0.4 is 0 Å². The summed E-state index contributed by atoms with van der Waals surface area (Å²) >= 11 is 0. The number of aliphatic imine (C=N–C) groups is 1. The number of aromatic nitrogens is 3. The molecule has 0 atom stereocenters. The standard InChI is InChI=1S/C22H18N4/c1-14(2)15-7-9-16(10-8-15)20-18-11-12-26-22(18)21(23-13-24-26)17-5-3-4-6-19(17)25-20/h3-14H,1-2H3. The predicted molar refractivity (Wildman–Crippen MR) is 104 cm³/mol. The van der Waals surface area contributed by atoms with E-state index in [-0.39, 0.29) is 0 Å². The maximum Gasteiger partial charge on any atom is 0.137 e. The number of hydrogen-bond acceptors (Lipinski definition) is 3. The molecule has 26 heavy (non-hydrogen) atoms. The van der Waals surface area contributed by atoms with Gasteiger partial charge in [-0.25, -0.2) is 14.5 Å². The lowest BCUT2D eigenvalue weighted by molar-refractivity contribution is 0.866. The fourth-order valence-electron chi connectivity index (χ4n) is 3.54. The molecule has 5 rings (SSSR count). The fraction of sp³-hybridized carbons (Fsp3) is 0.136. The molecule has 0 spiro atoms. The van der Waals surface area contributed by atoms with E-state index in [1.807, 2.05) is 28.9 Å². The van der Waals surface area contributed by atoms with Crippen molar-refractivity contribution in [1.29, 1.82) is 0 Å². The van der Waals surface area contributed by atoms with Gasteiger partial charge in [-0.2, -0.15) is 5.10 Å². The van der Waals surface area contributed by atoms with E-state index in [9.17, 15) is 0 Å². The monoisotopic (exact) mass is 338 g/mol. The number of rotatable bonds is 2. The second-order valence-electron chi connectivity index (χ2n) is 6.89. The van der Waals surface area contributed by atoms with Crippen molar-refractivity contribution < 1.29 is 0 Å². The topological polar surface area (TPSA) is 42.5 Å². The van der Waals surface area contributed by atoms with Crippen LogP contribution in [0.25, 0.3) is 16.8 Å². The molecule has 0 unspecified atom stereocenters. The van der Waals surface area contributed by atoms with E-state index in [1.165, 1.54) is 5.56 Å². The van der Waals surface area contributed by atoms with Crippen LogP contribution in [0.2, 0.25) is 0 Å². The first-order valence-corrected chi connectivity index (χ1v) is 8.83. The number of nitrogens with zero attached hydrogens (tertiary/aromatic N) is 4. The van der Waals surface area contributed by atoms with Crippen molar-refractivity contribution in [2.45, 2.75) is 19.8 Å². The van der Waals surface area contributed by atoms with Gasteiger partial charge in [-0.15, -0.1) is 0 Å². The van der Waals surface area contributed by atoms with E-state index in [4.69, 9.17) is 4.99 Å². The lowest BCUT2D eigenvalue weighted by Crippen LogP contribution is -2.03. The summed E-state index contributed by atoms with van der Waals surface area (Å²) in [5.74, 6) is 0.510. The Kier molecular flexibility index (Phi) is 3.25. The molecular formula is C22H18N4. The lowest BCUT2D eigenvalue weighted by atomic mass is 9.98. The van der Waals surface area contributed by atoms with Gasteiger partial charge in [-0.3, -0.25) is 0 Å². The highest BCUT2D eigenvalue weighted by molar-refractivity contribution is 6.20. The van der Waals surface area contributed by atoms with E-state index >= 15 is 0 Å². The summed E-state index contributed by atoms with van der Waals surface area (Å²) in [6.45, 7) is 4.42. The highest BCUT2D eigenvalue weighted by Crippen LogP contribution is 2.37. The minimum Gasteiger partial charge on any atom is -0.247 e. The maximum atomic E-state index is 5.03. The van der Waals surface area contributed by atoms with Crippen LogP contribution in [0.4, 0.5) is 5.69 Å². The van der Waals surface area contributed by atoms with Crippen molar-refractivity contribution in [3.05, 3.63) is 83.8 Å². The summed E-state index contributed by atoms with van der Waals surface area (Å²) in [5.41, 5.74) is 8.36. The normalized spacial score (nSPS) is 12.8. The van der Waals surface area contributed by atoms with Crippen LogP contribution in [-0.2, 0) is 0 Å². The van der Waals surface area contributed by atoms with Crippen LogP contribution in [0.1, 0.15) is 36.5 Å². The van der Waals surface area contributed by atoms with Gasteiger partial charge in [0.2, 0.25) is 0 Å². The van der Waals surface area contributed by atoms with Gasteiger partial charge in [0.15, 0.2) is 0 Å². The molecule has 0 amide bonds. The highest BCUT2D eigenvalue weighted by atomic mass is 15.2. The van der Waals surface area contributed by atoms with Crippen molar-refractivity contribution >= 4 is 16.9 Å². The molecule has 2 aromatic carbocycles. The molecule has 0 saturated carbocycles. The van der Waals surface area contributed by atoms with Crippen molar-refractivity contribution in [3.63, 3.8) is 0 Å². The number of para-hydroxylation sites is 1. The van der Waals surface area contributed by atoms with Gasteiger partial charge in [0, 0.05) is 22.9 Å². The van der Waals surface area contributed by atoms with Crippen molar-refractivity contribution in [2.24, 2.45) is 4.99 Å². The fourth-order valence-corrected chi connectivity index (χ4v) is 3.54. The number of fused-ring (bicyclic) bond motifs is 2. The Morgan fingerprint density at radius 3 is 2.50 bits per heavy atom. The van der Waals surface area contributed by atoms with Crippen molar-refractivity contribution in [2.75, 3.05) is 0 Å². The minimum absolute atomic E-state index is 0.510. The Morgan fingerprint density at radius 2 is 1.69 bits per heavy atom. The lowest BCUT2D eigenvalue weighted by Gasteiger charge is -2.09. The zero-order valence-electron chi connectivity index (χ0n) is 14.7. The third-order valence-corrected chi connectivity index (χ3v) is 4.95. The Morgan fingerprint density at radius 1 is 0.885 bits per heavy atom. The molecule has 1 aliphatic heterocycles. The molecular weight excluding hydrogens is 320 g/mol. The van der Waals surface area contributed by atoms with Crippen LogP contribution in [0, 0.1) is 0 Å². The van der Waals surface area contributed by atoms with Gasteiger partial charge < -0.3 is 0 Å². The average molecular weight is 338 g/mol. The van der Waals surface area contributed by atoms with E-state index in [1.54, 1.807) is 6.33 Å². The predicted octanol–water partition coefficient (Wildman–Crippen LogP) is 5.00. The molecule has 3 heterocycles. The molecule has 1 aliphatic rings. The van der Waals surface area contributed by atoms with Crippen LogP contribution in [0.5, 0.6) is 0 Å². The average Bonchev–Trinajstić information content (AvgIpc) is 3.04. The summed E-state index contributed by atoms with van der Waals surface area (Å²) in [7, 11) is 0. The second-order valence-corrected chi connectivity index (χ2v) is 6.89. The first-order valence-electron chi connectivity index (χ1n) is 8.83. The maximum absolute atomic E-state index is 5.03. The van der Waals surface area contributed by atoms with E-state index in [0.717, 1.165) is 39.3 Å². The molecule has 0 bridgehead atoms. The molecule has 0 saturated heterocycles. The highest BCUT2D eigenvalue weighted by Gasteiger charge is 2.22. The second kappa shape index (κ2) is 5.63. The first kappa shape index (κ1) is 15.0. The molecule has 0 N–H and O–H groups in total. The van der Waals surface area contributed by atoms with E-state index < -0.39 is 0 Å². The largest absolute Gasteiger partial charge is 0.247 e. The molecule has 0 radical (unpaired) electrons. The van der Waals surface area contributed by atoms with E-state index in [2.05, 4.69) is 60.3 Å². The smallest absolute Gasteiger partial charge is 0.137 e. The zero-order valence-corrected chi connectivity index (χ0v) is 14.7. The SMILES string of the molecule is CC(C)c1ccc(C2=Nc3ccccc3-c3ncnn4ccc2c34)cc1. The van der Waals surface area contributed by atoms with Gasteiger partial charge in [-0.1, -0.05) is 56.3 Å². The third-order valence-electron chi connectivity index (χ3n) is 4.95. The van der Waals surface area contributed by atoms with Crippen LogP contribution in [0.3, 0.4) is 0 Å². The first-order chi connectivity index (χ1) is 12.7. The Labute approximate surface area is 151 Å². The molecule has 0 aliphatic carbocycles. The number of hydrogen-bond donors (Lipinski definition) is 0. The Hall–Kier alpha value is -3.27. The third kappa shape index (κ3) is 2.19. The van der Waals surface area contributed by atoms with Gasteiger partial charge in [-0.05, 0) is 23.6 Å². The van der Waals surface area contributed by atoms with Crippen LogP contribution in [-0.4, -0.2) is 20.3 Å². The molecule has 0 fully saturated rings. The molecule has 126 valence electrons. The Balaban J connectivity index is 1.81. The quantitative estimate of drug-likeness (QED) is 0.454. The molecule has 4 heteroatoms. The molecule has 2 aromatic heterocycles. The number of benzene rings is 2. The zero-order chi connectivity index (χ0) is 17.7. The van der Waals surface area contributed by atoms with Crippen LogP contribution >= 0.6 is 0 Å². The van der Waals surface area contributed by atoms with Crippen molar-refractivity contribution in [3.8, 4) is 11.3 Å². The van der Waals surface area contributed by atoms with Gasteiger partial charge >= 0.3 is 0 Å². The minimum atomic E-state index is 0.510. The summed E-state index contributed by atoms with van der Waals surface area (Å²) in [5, 5.41) is 4.38. The van der Waals surface area contributed by atoms with Gasteiger partial charge in [0.1, 0.15) is 17.5 Å². The van der Waals surface area contributed by atoms with Gasteiger partial charge in [0.25, 0.3) is 0 Å². The van der Waals surface area contributed by atoms with Crippen molar-refractivity contribution in [1.82, 2.24) is 14.6 Å². The summed E-state index contributed by atoms with van der Waals surface area (Å²) in [6, 6.07) is 18.9. The molecule has 4 aromatic rings. The summed E-state index contributed by atoms with van der Waals surface area (Å²) in [4.78, 5) is 9.60. The summed E-state index contributed by atoms with van der Waals surface area (Å²) in [6.07, 6.45) is 3.58. The summed E-state index contributed by atoms with van der Waals surface area (Å²) < 4.78 is 1.89. The Bertz CT molecular complexity index is 1150. The van der Waals surface area contributed by atoms with E-state index in [0.29, 0.717) is 5.92 Å². The van der Waals surface area contributed by atoms with Crippen LogP contribution in [0.15, 0.2) is 72.1 Å².